The van der Waals surface area contributed by atoms with Gasteiger partial charge >= 0.3 is 0 Å². The second-order valence-electron chi connectivity index (χ2n) is 4.85. The Morgan fingerprint density at radius 3 is 2.68 bits per heavy atom. The van der Waals surface area contributed by atoms with Crippen molar-refractivity contribution < 1.29 is 14.3 Å². The van der Waals surface area contributed by atoms with Crippen LogP contribution in [0.15, 0.2) is 53.6 Å². The third-order valence-electron chi connectivity index (χ3n) is 2.99. The molecule has 0 bridgehead atoms. The summed E-state index contributed by atoms with van der Waals surface area (Å²) in [5, 5.41) is 6.68. The van der Waals surface area contributed by atoms with Gasteiger partial charge in [-0.15, -0.1) is 0 Å². The van der Waals surface area contributed by atoms with Gasteiger partial charge in [-0.05, 0) is 48.1 Å². The largest absolute Gasteiger partial charge is 0.493 e. The van der Waals surface area contributed by atoms with E-state index in [2.05, 4.69) is 28.1 Å². The maximum absolute atomic E-state index is 11.9. The summed E-state index contributed by atoms with van der Waals surface area (Å²) in [6, 6.07) is 14.3. The van der Waals surface area contributed by atoms with Crippen molar-refractivity contribution in [3.8, 4) is 11.5 Å². The van der Waals surface area contributed by atoms with Gasteiger partial charge in [0.15, 0.2) is 23.2 Å². The second-order valence-corrected chi connectivity index (χ2v) is 5.29. The lowest BCUT2D eigenvalue weighted by atomic mass is 10.2. The molecule has 8 heteroatoms. The van der Waals surface area contributed by atoms with Crippen molar-refractivity contribution in [2.45, 2.75) is 0 Å². The Hall–Kier alpha value is -3.13. The molecule has 2 rings (SSSR count). The first kappa shape index (κ1) is 18.2. The minimum Gasteiger partial charge on any atom is -0.493 e. The number of nitrogens with one attached hydrogen (secondary N) is 2. The highest BCUT2D eigenvalue weighted by atomic mass is 32.1. The first-order chi connectivity index (χ1) is 12.1. The summed E-state index contributed by atoms with van der Waals surface area (Å²) < 4.78 is 10.8. The molecule has 4 N–H and O–H groups in total. The minimum atomic E-state index is -0.264. The zero-order chi connectivity index (χ0) is 18.1. The number of thiocarbonyl (C=S) groups is 1. The molecule has 0 saturated carbocycles. The highest BCUT2D eigenvalue weighted by Gasteiger charge is 2.08. The Morgan fingerprint density at radius 1 is 1.24 bits per heavy atom. The van der Waals surface area contributed by atoms with E-state index in [-0.39, 0.29) is 17.6 Å². The molecular weight excluding hydrogens is 340 g/mol. The van der Waals surface area contributed by atoms with E-state index in [9.17, 15) is 4.79 Å². The maximum Gasteiger partial charge on any atom is 0.262 e. The second kappa shape index (κ2) is 9.24. The number of hydrogen-bond donors (Lipinski definition) is 3. The molecule has 0 fully saturated rings. The Balaban J connectivity index is 1.96. The highest BCUT2D eigenvalue weighted by Crippen LogP contribution is 2.27. The monoisotopic (exact) mass is 358 g/mol. The molecule has 1 amide bonds. The number of rotatable bonds is 7. The maximum atomic E-state index is 11.9. The number of carbonyl (C=O) groups is 1. The van der Waals surface area contributed by atoms with Crippen LogP contribution in [0.3, 0.4) is 0 Å². The summed E-state index contributed by atoms with van der Waals surface area (Å²) in [5.74, 6) is 0.663. The molecule has 0 aliphatic carbocycles. The molecule has 0 aromatic heterocycles. The van der Waals surface area contributed by atoms with Gasteiger partial charge in [0.2, 0.25) is 0 Å². The fraction of sp³-hybridized carbons (Fsp3) is 0.118. The Kier molecular flexibility index (Phi) is 6.73. The summed E-state index contributed by atoms with van der Waals surface area (Å²) in [7, 11) is 1.51. The van der Waals surface area contributed by atoms with Gasteiger partial charge in [-0.3, -0.25) is 10.2 Å². The van der Waals surface area contributed by atoms with Crippen LogP contribution >= 0.6 is 12.2 Å². The SMILES string of the molecule is COc1cc(/C=N/NC(N)=S)ccc1OCC(=O)Nc1ccccc1. The van der Waals surface area contributed by atoms with E-state index in [1.54, 1.807) is 30.3 Å². The molecule has 0 saturated heterocycles. The number of amides is 1. The standard InChI is InChI=1S/C17H18N4O3S/c1-23-15-9-12(10-19-21-17(18)25)7-8-14(15)24-11-16(22)20-13-5-3-2-4-6-13/h2-10H,11H2,1H3,(H,20,22)(H3,18,21,25)/b19-10+. The van der Waals surface area contributed by atoms with E-state index in [1.807, 2.05) is 18.2 Å². The van der Waals surface area contributed by atoms with Gasteiger partial charge in [0, 0.05) is 5.69 Å². The molecule has 25 heavy (non-hydrogen) atoms. The van der Waals surface area contributed by atoms with Crippen LogP contribution in [0.2, 0.25) is 0 Å². The van der Waals surface area contributed by atoms with Crippen LogP contribution in [0.4, 0.5) is 5.69 Å². The molecule has 2 aromatic carbocycles. The number of hydrazone groups is 1. The molecule has 0 unspecified atom stereocenters. The number of nitrogens with zero attached hydrogens (tertiary/aromatic N) is 1. The molecule has 0 aliphatic rings. The number of ether oxygens (including phenoxy) is 2. The van der Waals surface area contributed by atoms with Gasteiger partial charge in [-0.2, -0.15) is 5.10 Å². The van der Waals surface area contributed by atoms with Crippen molar-refractivity contribution in [3.63, 3.8) is 0 Å². The van der Waals surface area contributed by atoms with E-state index in [4.69, 9.17) is 15.2 Å². The molecule has 0 atom stereocenters. The number of methoxy groups -OCH3 is 1. The van der Waals surface area contributed by atoms with Crippen LogP contribution < -0.4 is 25.9 Å². The molecule has 0 aliphatic heterocycles. The number of nitrogens with two attached hydrogens (primary N) is 1. The van der Waals surface area contributed by atoms with Crippen LogP contribution in [-0.2, 0) is 4.79 Å². The van der Waals surface area contributed by atoms with Crippen molar-refractivity contribution in [1.82, 2.24) is 5.43 Å². The summed E-state index contributed by atoms with van der Waals surface area (Å²) in [6.07, 6.45) is 1.54. The third kappa shape index (κ3) is 6.11. The van der Waals surface area contributed by atoms with Gasteiger partial charge < -0.3 is 20.5 Å². The lowest BCUT2D eigenvalue weighted by molar-refractivity contribution is -0.118. The molecule has 2 aromatic rings. The predicted molar refractivity (Wildman–Crippen MR) is 101 cm³/mol. The summed E-state index contributed by atoms with van der Waals surface area (Å²) in [4.78, 5) is 11.9. The van der Waals surface area contributed by atoms with Crippen molar-refractivity contribution >= 4 is 35.1 Å². The molecule has 7 nitrogen and oxygen atoms in total. The molecule has 0 radical (unpaired) electrons. The van der Waals surface area contributed by atoms with E-state index >= 15 is 0 Å². The van der Waals surface area contributed by atoms with Crippen LogP contribution in [0.25, 0.3) is 0 Å². The number of para-hydroxylation sites is 1. The van der Waals surface area contributed by atoms with E-state index in [1.165, 1.54) is 13.3 Å². The number of hydrogen-bond acceptors (Lipinski definition) is 5. The summed E-state index contributed by atoms with van der Waals surface area (Å²) in [6.45, 7) is -0.137. The number of carbonyl (C=O) groups excluding carboxylic acids is 1. The lowest BCUT2D eigenvalue weighted by Gasteiger charge is -2.11. The normalized spacial score (nSPS) is 10.3. The van der Waals surface area contributed by atoms with Crippen molar-refractivity contribution in [1.29, 1.82) is 0 Å². The minimum absolute atomic E-state index is 0.0765. The van der Waals surface area contributed by atoms with Gasteiger partial charge in [-0.25, -0.2) is 0 Å². The quantitative estimate of drug-likeness (QED) is 0.397. The average molecular weight is 358 g/mol. The molecule has 0 heterocycles. The third-order valence-corrected chi connectivity index (χ3v) is 3.08. The van der Waals surface area contributed by atoms with Crippen LogP contribution in [0, 0.1) is 0 Å². The number of benzene rings is 2. The fourth-order valence-corrected chi connectivity index (χ4v) is 1.97. The molecule has 0 spiro atoms. The summed E-state index contributed by atoms with van der Waals surface area (Å²) in [5.41, 5.74) is 9.21. The van der Waals surface area contributed by atoms with Gasteiger partial charge in [-0.1, -0.05) is 18.2 Å². The van der Waals surface area contributed by atoms with Crippen LogP contribution in [0.5, 0.6) is 11.5 Å². The molecule has 130 valence electrons. The lowest BCUT2D eigenvalue weighted by Crippen LogP contribution is -2.24. The van der Waals surface area contributed by atoms with Crippen LogP contribution in [-0.4, -0.2) is 31.0 Å². The Bertz CT molecular complexity index is 766. The van der Waals surface area contributed by atoms with Gasteiger partial charge in [0.25, 0.3) is 5.91 Å². The van der Waals surface area contributed by atoms with Crippen molar-refractivity contribution in [3.05, 3.63) is 54.1 Å². The average Bonchev–Trinajstić information content (AvgIpc) is 2.61. The number of anilines is 1. The fourth-order valence-electron chi connectivity index (χ4n) is 1.92. The van der Waals surface area contributed by atoms with Crippen molar-refractivity contribution in [2.24, 2.45) is 10.8 Å². The Labute approximate surface area is 150 Å². The van der Waals surface area contributed by atoms with Gasteiger partial charge in [0.1, 0.15) is 0 Å². The first-order valence-corrected chi connectivity index (χ1v) is 7.73. The molecular formula is C17H18N4O3S. The Morgan fingerprint density at radius 2 is 2.00 bits per heavy atom. The van der Waals surface area contributed by atoms with E-state index < -0.39 is 0 Å². The topological polar surface area (TPSA) is 98.0 Å². The van der Waals surface area contributed by atoms with E-state index in [0.29, 0.717) is 17.2 Å². The summed E-state index contributed by atoms with van der Waals surface area (Å²) >= 11 is 4.66. The van der Waals surface area contributed by atoms with Crippen LogP contribution in [0.1, 0.15) is 5.56 Å². The zero-order valence-corrected chi connectivity index (χ0v) is 14.4. The smallest absolute Gasteiger partial charge is 0.262 e. The van der Waals surface area contributed by atoms with Gasteiger partial charge in [0.05, 0.1) is 13.3 Å². The predicted octanol–water partition coefficient (Wildman–Crippen LogP) is 1.88. The first-order valence-electron chi connectivity index (χ1n) is 7.32. The zero-order valence-electron chi connectivity index (χ0n) is 13.6. The highest BCUT2D eigenvalue weighted by molar-refractivity contribution is 7.80. The van der Waals surface area contributed by atoms with Crippen molar-refractivity contribution in [2.75, 3.05) is 19.0 Å². The van der Waals surface area contributed by atoms with E-state index in [0.717, 1.165) is 5.56 Å².